The summed E-state index contributed by atoms with van der Waals surface area (Å²) in [6.45, 7) is 1.72. The number of fused-ring (bicyclic) bond motifs is 2. The van der Waals surface area contributed by atoms with Crippen LogP contribution in [-0.4, -0.2) is 21.4 Å². The van der Waals surface area contributed by atoms with Gasteiger partial charge in [0.1, 0.15) is 6.33 Å². The highest BCUT2D eigenvalue weighted by Crippen LogP contribution is 2.61. The third-order valence-electron chi connectivity index (χ3n) is 6.69. The molecule has 2 aliphatic heterocycles. The first kappa shape index (κ1) is 17.8. The van der Waals surface area contributed by atoms with Crippen LogP contribution in [-0.2, 0) is 18.3 Å². The summed E-state index contributed by atoms with van der Waals surface area (Å²) < 4.78 is 40.8. The second-order valence-electron chi connectivity index (χ2n) is 8.13. The summed E-state index contributed by atoms with van der Waals surface area (Å²) in [6, 6.07) is 12.6. The summed E-state index contributed by atoms with van der Waals surface area (Å²) >= 11 is 0. The van der Waals surface area contributed by atoms with Crippen molar-refractivity contribution in [3.05, 3.63) is 100 Å². The molecule has 1 spiro atoms. The minimum absolute atomic E-state index is 0.501. The highest BCUT2D eigenvalue weighted by molar-refractivity contribution is 5.92. The Labute approximate surface area is 171 Å². The van der Waals surface area contributed by atoms with Gasteiger partial charge < -0.3 is 0 Å². The number of hydrogen-bond donors (Lipinski definition) is 0. The Morgan fingerprint density at radius 1 is 0.967 bits per heavy atom. The van der Waals surface area contributed by atoms with Crippen molar-refractivity contribution in [1.29, 1.82) is 0 Å². The highest BCUT2D eigenvalue weighted by Gasteiger charge is 2.56. The quantitative estimate of drug-likeness (QED) is 0.560. The molecule has 6 heteroatoms. The molecule has 0 amide bonds. The van der Waals surface area contributed by atoms with Crippen molar-refractivity contribution in [2.45, 2.75) is 31.1 Å². The van der Waals surface area contributed by atoms with E-state index in [0.717, 1.165) is 42.6 Å². The first-order valence-electron chi connectivity index (χ1n) is 10.1. The summed E-state index contributed by atoms with van der Waals surface area (Å²) in [4.78, 5) is 10.7. The van der Waals surface area contributed by atoms with Gasteiger partial charge in [0.2, 0.25) is 0 Å². The lowest BCUT2D eigenvalue weighted by atomic mass is 9.75. The van der Waals surface area contributed by atoms with Crippen LogP contribution in [0.1, 0.15) is 46.2 Å². The maximum Gasteiger partial charge on any atom is 0.416 e. The van der Waals surface area contributed by atoms with Crippen LogP contribution >= 0.6 is 0 Å². The fourth-order valence-corrected chi connectivity index (χ4v) is 5.68. The molecule has 3 aliphatic rings. The van der Waals surface area contributed by atoms with Crippen molar-refractivity contribution in [3.63, 3.8) is 0 Å². The van der Waals surface area contributed by atoms with Gasteiger partial charge in [-0.3, -0.25) is 4.90 Å². The topological polar surface area (TPSA) is 29.0 Å². The van der Waals surface area contributed by atoms with Gasteiger partial charge in [0.15, 0.2) is 0 Å². The van der Waals surface area contributed by atoms with Crippen molar-refractivity contribution in [1.82, 2.24) is 14.9 Å². The summed E-state index contributed by atoms with van der Waals surface area (Å²) in [5.41, 5.74) is 5.70. The van der Waals surface area contributed by atoms with Gasteiger partial charge in [0.25, 0.3) is 0 Å². The maximum atomic E-state index is 13.6. The van der Waals surface area contributed by atoms with Crippen LogP contribution in [0.25, 0.3) is 5.57 Å². The third-order valence-corrected chi connectivity index (χ3v) is 6.69. The Balaban J connectivity index is 1.73. The first-order valence-corrected chi connectivity index (χ1v) is 10.1. The highest BCUT2D eigenvalue weighted by atomic mass is 19.4. The predicted molar refractivity (Wildman–Crippen MR) is 106 cm³/mol. The van der Waals surface area contributed by atoms with Crippen molar-refractivity contribution in [3.8, 4) is 0 Å². The maximum absolute atomic E-state index is 13.6. The molecule has 3 nitrogen and oxygen atoms in total. The number of aromatic nitrogens is 2. The average Bonchev–Trinajstić information content (AvgIpc) is 3.25. The lowest BCUT2D eigenvalue weighted by Gasteiger charge is -2.43. The molecule has 3 heterocycles. The third kappa shape index (κ3) is 2.20. The molecule has 1 saturated heterocycles. The molecule has 0 bridgehead atoms. The normalized spacial score (nSPS) is 22.5. The molecule has 3 aromatic rings. The number of piperidine rings is 1. The van der Waals surface area contributed by atoms with Crippen molar-refractivity contribution in [2.75, 3.05) is 6.54 Å². The van der Waals surface area contributed by atoms with E-state index in [4.69, 9.17) is 0 Å². The zero-order chi connectivity index (χ0) is 20.5. The van der Waals surface area contributed by atoms with E-state index in [0.29, 0.717) is 5.56 Å². The molecule has 2 aromatic carbocycles. The molecule has 30 heavy (non-hydrogen) atoms. The summed E-state index contributed by atoms with van der Waals surface area (Å²) in [7, 11) is 0. The molecule has 1 atom stereocenters. The SMILES string of the molecule is FC(F)(F)c1ccc2c(c1)C(c1cncnc1)=C1CCCN3Cc4ccccc4C123. The van der Waals surface area contributed by atoms with Gasteiger partial charge >= 0.3 is 6.18 Å². The molecule has 1 unspecified atom stereocenters. The lowest BCUT2D eigenvalue weighted by molar-refractivity contribution is -0.137. The van der Waals surface area contributed by atoms with Gasteiger partial charge in [0.05, 0.1) is 11.1 Å². The molecule has 1 aromatic heterocycles. The summed E-state index contributed by atoms with van der Waals surface area (Å²) in [6.07, 6.45) is 2.28. The van der Waals surface area contributed by atoms with Crippen LogP contribution in [0.15, 0.2) is 66.8 Å². The number of nitrogens with zero attached hydrogens (tertiary/aromatic N) is 3. The van der Waals surface area contributed by atoms with Crippen LogP contribution in [0, 0.1) is 0 Å². The van der Waals surface area contributed by atoms with E-state index in [9.17, 15) is 13.2 Å². The van der Waals surface area contributed by atoms with Crippen LogP contribution in [0.3, 0.4) is 0 Å². The first-order chi connectivity index (χ1) is 14.5. The zero-order valence-electron chi connectivity index (χ0n) is 16.1. The van der Waals surface area contributed by atoms with Crippen molar-refractivity contribution in [2.24, 2.45) is 0 Å². The molecule has 1 aliphatic carbocycles. The standard InChI is InChI=1S/C24H18F3N3/c25-24(26,27)17-7-8-20-18(10-17)22(16-11-28-14-29-12-16)21-6-3-9-30-13-15-4-1-2-5-19(15)23(20,21)30/h1-2,4-5,7-8,10-12,14H,3,6,9,13H2. The molecule has 150 valence electrons. The predicted octanol–water partition coefficient (Wildman–Crippen LogP) is 5.16. The van der Waals surface area contributed by atoms with Crippen LogP contribution in [0.2, 0.25) is 0 Å². The Kier molecular flexibility index (Phi) is 3.58. The molecule has 0 N–H and O–H groups in total. The summed E-state index contributed by atoms with van der Waals surface area (Å²) in [5.74, 6) is 0. The Morgan fingerprint density at radius 3 is 2.57 bits per heavy atom. The minimum Gasteiger partial charge on any atom is -0.282 e. The zero-order valence-corrected chi connectivity index (χ0v) is 16.1. The molecule has 0 radical (unpaired) electrons. The average molecular weight is 405 g/mol. The van der Waals surface area contributed by atoms with Gasteiger partial charge in [-0.25, -0.2) is 9.97 Å². The molecular formula is C24H18F3N3. The second-order valence-corrected chi connectivity index (χ2v) is 8.13. The van der Waals surface area contributed by atoms with E-state index in [2.05, 4.69) is 27.0 Å². The van der Waals surface area contributed by atoms with E-state index in [1.807, 2.05) is 12.1 Å². The monoisotopic (exact) mass is 405 g/mol. The fourth-order valence-electron chi connectivity index (χ4n) is 5.68. The van der Waals surface area contributed by atoms with Crippen LogP contribution < -0.4 is 0 Å². The Bertz CT molecular complexity index is 1200. The summed E-state index contributed by atoms with van der Waals surface area (Å²) in [5, 5.41) is 0. The van der Waals surface area contributed by atoms with Gasteiger partial charge in [-0.2, -0.15) is 13.2 Å². The molecule has 1 fully saturated rings. The molecule has 0 saturated carbocycles. The number of alkyl halides is 3. The number of halogens is 3. The van der Waals surface area contributed by atoms with E-state index in [1.165, 1.54) is 35.2 Å². The van der Waals surface area contributed by atoms with Gasteiger partial charge in [-0.1, -0.05) is 30.3 Å². The van der Waals surface area contributed by atoms with Crippen molar-refractivity contribution >= 4 is 5.57 Å². The Morgan fingerprint density at radius 2 is 1.77 bits per heavy atom. The Hall–Kier alpha value is -2.99. The van der Waals surface area contributed by atoms with Crippen LogP contribution in [0.5, 0.6) is 0 Å². The van der Waals surface area contributed by atoms with Crippen molar-refractivity contribution < 1.29 is 13.2 Å². The molecular weight excluding hydrogens is 387 g/mol. The number of hydrogen-bond acceptors (Lipinski definition) is 3. The van der Waals surface area contributed by atoms with E-state index in [1.54, 1.807) is 18.5 Å². The number of benzene rings is 2. The van der Waals surface area contributed by atoms with E-state index < -0.39 is 17.3 Å². The van der Waals surface area contributed by atoms with Crippen LogP contribution in [0.4, 0.5) is 13.2 Å². The smallest absolute Gasteiger partial charge is 0.282 e. The molecule has 6 rings (SSSR count). The van der Waals surface area contributed by atoms with Gasteiger partial charge in [0, 0.05) is 31.0 Å². The lowest BCUT2D eigenvalue weighted by Crippen LogP contribution is -2.46. The van der Waals surface area contributed by atoms with Gasteiger partial charge in [-0.15, -0.1) is 0 Å². The minimum atomic E-state index is -4.39. The van der Waals surface area contributed by atoms with E-state index in [-0.39, 0.29) is 0 Å². The second kappa shape index (κ2) is 6.01. The fraction of sp³-hybridized carbons (Fsp3) is 0.250. The van der Waals surface area contributed by atoms with E-state index >= 15 is 0 Å². The number of rotatable bonds is 1. The largest absolute Gasteiger partial charge is 0.416 e. The van der Waals surface area contributed by atoms with Gasteiger partial charge in [-0.05, 0) is 58.4 Å².